The van der Waals surface area contributed by atoms with Gasteiger partial charge in [0.1, 0.15) is 5.56 Å². The maximum absolute atomic E-state index is 11.3. The predicted octanol–water partition coefficient (Wildman–Crippen LogP) is 0.745. The largest absolute Gasteiger partial charge is 0.465 e. The number of hydrogen-bond donors (Lipinski definition) is 1. The fourth-order valence-electron chi connectivity index (χ4n) is 1.29. The van der Waals surface area contributed by atoms with Gasteiger partial charge in [0, 0.05) is 6.07 Å². The first-order valence-corrected chi connectivity index (χ1v) is 4.45. The average Bonchev–Trinajstić information content (AvgIpc) is 2.35. The molecule has 1 aromatic rings. The molecule has 17 heavy (non-hydrogen) atoms. The zero-order valence-corrected chi connectivity index (χ0v) is 8.84. The van der Waals surface area contributed by atoms with Crippen LogP contribution >= 0.6 is 0 Å². The lowest BCUT2D eigenvalue weighted by molar-refractivity contribution is -0.385. The van der Waals surface area contributed by atoms with Gasteiger partial charge < -0.3 is 9.84 Å². The van der Waals surface area contributed by atoms with Gasteiger partial charge in [-0.25, -0.2) is 4.79 Å². The summed E-state index contributed by atoms with van der Waals surface area (Å²) in [6.07, 6.45) is 0. The highest BCUT2D eigenvalue weighted by atomic mass is 16.6. The van der Waals surface area contributed by atoms with Crippen molar-refractivity contribution in [3.8, 4) is 6.07 Å². The maximum Gasteiger partial charge on any atom is 0.344 e. The van der Waals surface area contributed by atoms with Crippen molar-refractivity contribution in [3.63, 3.8) is 0 Å². The first-order chi connectivity index (χ1) is 8.04. The number of carbonyl (C=O) groups is 1. The van der Waals surface area contributed by atoms with E-state index < -0.39 is 23.2 Å². The standard InChI is InChI=1S/C10H8N2O5/c1-17-10(14)8-2-7(5-13)6(4-11)3-9(8)12(15)16/h2-3,13H,5H2,1H3. The molecule has 1 rings (SSSR count). The maximum atomic E-state index is 11.3. The molecule has 0 bridgehead atoms. The van der Waals surface area contributed by atoms with Crippen molar-refractivity contribution in [2.24, 2.45) is 0 Å². The van der Waals surface area contributed by atoms with Crippen molar-refractivity contribution in [1.82, 2.24) is 0 Å². The van der Waals surface area contributed by atoms with Crippen LogP contribution in [-0.4, -0.2) is 23.1 Å². The van der Waals surface area contributed by atoms with E-state index >= 15 is 0 Å². The number of nitro groups is 1. The third-order valence-electron chi connectivity index (χ3n) is 2.11. The van der Waals surface area contributed by atoms with Crippen LogP contribution in [0.3, 0.4) is 0 Å². The van der Waals surface area contributed by atoms with Gasteiger partial charge in [0.05, 0.1) is 30.3 Å². The van der Waals surface area contributed by atoms with E-state index in [0.29, 0.717) is 0 Å². The van der Waals surface area contributed by atoms with Gasteiger partial charge in [-0.15, -0.1) is 0 Å². The Kier molecular flexibility index (Phi) is 3.74. The minimum absolute atomic E-state index is 0.0492. The summed E-state index contributed by atoms with van der Waals surface area (Å²) in [5.74, 6) is -0.893. The summed E-state index contributed by atoms with van der Waals surface area (Å²) in [4.78, 5) is 21.3. The van der Waals surface area contributed by atoms with E-state index in [4.69, 9.17) is 10.4 Å². The van der Waals surface area contributed by atoms with Crippen molar-refractivity contribution in [2.45, 2.75) is 6.61 Å². The third-order valence-corrected chi connectivity index (χ3v) is 2.11. The quantitative estimate of drug-likeness (QED) is 0.470. The van der Waals surface area contributed by atoms with Crippen LogP contribution in [0.2, 0.25) is 0 Å². The number of benzene rings is 1. The van der Waals surface area contributed by atoms with Gasteiger partial charge in [0.15, 0.2) is 0 Å². The Bertz CT molecular complexity index is 518. The number of carbonyl (C=O) groups excluding carboxylic acids is 1. The topological polar surface area (TPSA) is 113 Å². The number of esters is 1. The highest BCUT2D eigenvalue weighted by Crippen LogP contribution is 2.24. The summed E-state index contributed by atoms with van der Waals surface area (Å²) in [5, 5.41) is 28.5. The van der Waals surface area contributed by atoms with Crippen LogP contribution in [-0.2, 0) is 11.3 Å². The van der Waals surface area contributed by atoms with E-state index in [1.807, 2.05) is 0 Å². The van der Waals surface area contributed by atoms with Crippen molar-refractivity contribution in [1.29, 1.82) is 5.26 Å². The fourth-order valence-corrected chi connectivity index (χ4v) is 1.29. The lowest BCUT2D eigenvalue weighted by atomic mass is 10.0. The molecule has 0 unspecified atom stereocenters. The van der Waals surface area contributed by atoms with Gasteiger partial charge in [0.2, 0.25) is 0 Å². The molecule has 0 spiro atoms. The molecule has 0 saturated heterocycles. The van der Waals surface area contributed by atoms with E-state index in [-0.39, 0.29) is 16.7 Å². The number of aliphatic hydroxyl groups excluding tert-OH is 1. The third kappa shape index (κ3) is 2.38. The zero-order valence-electron chi connectivity index (χ0n) is 8.84. The Morgan fingerprint density at radius 3 is 2.71 bits per heavy atom. The van der Waals surface area contributed by atoms with Crippen LogP contribution in [0.25, 0.3) is 0 Å². The first-order valence-electron chi connectivity index (χ1n) is 4.45. The number of nitrogens with zero attached hydrogens (tertiary/aromatic N) is 2. The Morgan fingerprint density at radius 2 is 2.29 bits per heavy atom. The van der Waals surface area contributed by atoms with E-state index in [0.717, 1.165) is 19.2 Å². The number of aliphatic hydroxyl groups is 1. The molecule has 7 nitrogen and oxygen atoms in total. The molecule has 0 atom stereocenters. The Morgan fingerprint density at radius 1 is 1.65 bits per heavy atom. The van der Waals surface area contributed by atoms with Crippen LogP contribution < -0.4 is 0 Å². The Balaban J connectivity index is 3.52. The van der Waals surface area contributed by atoms with Crippen molar-refractivity contribution < 1.29 is 19.6 Å². The number of hydrogen-bond acceptors (Lipinski definition) is 6. The van der Waals surface area contributed by atoms with Gasteiger partial charge in [0.25, 0.3) is 5.69 Å². The highest BCUT2D eigenvalue weighted by Gasteiger charge is 2.23. The van der Waals surface area contributed by atoms with E-state index in [1.54, 1.807) is 6.07 Å². The van der Waals surface area contributed by atoms with Gasteiger partial charge in [-0.1, -0.05) is 0 Å². The zero-order chi connectivity index (χ0) is 13.0. The number of methoxy groups -OCH3 is 1. The van der Waals surface area contributed by atoms with Crippen molar-refractivity contribution in [2.75, 3.05) is 7.11 Å². The predicted molar refractivity (Wildman–Crippen MR) is 55.1 cm³/mol. The summed E-state index contributed by atoms with van der Waals surface area (Å²) in [6.45, 7) is -0.495. The number of nitriles is 1. The molecule has 0 aliphatic carbocycles. The summed E-state index contributed by atoms with van der Waals surface area (Å²) in [7, 11) is 1.09. The van der Waals surface area contributed by atoms with Gasteiger partial charge in [-0.3, -0.25) is 10.1 Å². The SMILES string of the molecule is COC(=O)c1cc(CO)c(C#N)cc1[N+](=O)[O-]. The molecule has 0 saturated carbocycles. The van der Waals surface area contributed by atoms with Crippen LogP contribution in [0, 0.1) is 21.4 Å². The van der Waals surface area contributed by atoms with Gasteiger partial charge in [-0.05, 0) is 11.6 Å². The van der Waals surface area contributed by atoms with Crippen LogP contribution in [0.15, 0.2) is 12.1 Å². The lowest BCUT2D eigenvalue weighted by Gasteiger charge is -2.05. The Labute approximate surface area is 96.0 Å². The van der Waals surface area contributed by atoms with Crippen LogP contribution in [0.4, 0.5) is 5.69 Å². The normalized spacial score (nSPS) is 9.47. The molecule has 0 heterocycles. The summed E-state index contributed by atoms with van der Waals surface area (Å²) < 4.78 is 4.39. The van der Waals surface area contributed by atoms with Gasteiger partial charge >= 0.3 is 5.97 Å². The van der Waals surface area contributed by atoms with E-state index in [1.165, 1.54) is 0 Å². The molecule has 0 amide bonds. The number of rotatable bonds is 3. The first kappa shape index (κ1) is 12.6. The monoisotopic (exact) mass is 236 g/mol. The van der Waals surface area contributed by atoms with Crippen LogP contribution in [0.1, 0.15) is 21.5 Å². The van der Waals surface area contributed by atoms with Crippen LogP contribution in [0.5, 0.6) is 0 Å². The smallest absolute Gasteiger partial charge is 0.344 e. The summed E-state index contributed by atoms with van der Waals surface area (Å²) in [6, 6.07) is 3.74. The molecule has 7 heteroatoms. The second-order valence-electron chi connectivity index (χ2n) is 3.05. The minimum Gasteiger partial charge on any atom is -0.465 e. The lowest BCUT2D eigenvalue weighted by Crippen LogP contribution is -2.08. The van der Waals surface area contributed by atoms with E-state index in [2.05, 4.69) is 4.74 Å². The van der Waals surface area contributed by atoms with E-state index in [9.17, 15) is 14.9 Å². The second-order valence-corrected chi connectivity index (χ2v) is 3.05. The van der Waals surface area contributed by atoms with Gasteiger partial charge in [-0.2, -0.15) is 5.26 Å². The molecule has 0 radical (unpaired) electrons. The molecule has 0 aliphatic heterocycles. The molecule has 0 aromatic heterocycles. The Hall–Kier alpha value is -2.46. The minimum atomic E-state index is -0.893. The number of ether oxygens (including phenoxy) is 1. The fraction of sp³-hybridized carbons (Fsp3) is 0.200. The second kappa shape index (κ2) is 5.05. The molecular weight excluding hydrogens is 228 g/mol. The average molecular weight is 236 g/mol. The van der Waals surface area contributed by atoms with Crippen molar-refractivity contribution >= 4 is 11.7 Å². The molecule has 1 N–H and O–H groups in total. The van der Waals surface area contributed by atoms with Crippen molar-refractivity contribution in [3.05, 3.63) is 38.9 Å². The number of nitro benzene ring substituents is 1. The molecule has 88 valence electrons. The molecule has 1 aromatic carbocycles. The molecule has 0 aliphatic rings. The summed E-state index contributed by atoms with van der Waals surface area (Å²) >= 11 is 0. The molecule has 0 fully saturated rings. The molecular formula is C10H8N2O5. The highest BCUT2D eigenvalue weighted by molar-refractivity contribution is 5.94. The summed E-state index contributed by atoms with van der Waals surface area (Å²) in [5.41, 5.74) is -0.725.